The molecule has 0 atom stereocenters. The first-order chi connectivity index (χ1) is 7.79. The third kappa shape index (κ3) is 3.99. The van der Waals surface area contributed by atoms with Gasteiger partial charge in [-0.05, 0) is 19.8 Å². The van der Waals surface area contributed by atoms with Gasteiger partial charge >= 0.3 is 0 Å². The van der Waals surface area contributed by atoms with Crippen LogP contribution in [0.15, 0.2) is 12.4 Å². The fourth-order valence-corrected chi connectivity index (χ4v) is 2.17. The summed E-state index contributed by atoms with van der Waals surface area (Å²) in [7, 11) is 0. The number of rotatable bonds is 8. The summed E-state index contributed by atoms with van der Waals surface area (Å²) >= 11 is 0. The normalized spacial score (nSPS) is 10.9. The lowest BCUT2D eigenvalue weighted by atomic mass is 10.1. The van der Waals surface area contributed by atoms with Crippen molar-refractivity contribution in [2.24, 2.45) is 0 Å². The van der Waals surface area contributed by atoms with Crippen LogP contribution in [0.1, 0.15) is 58.2 Å². The first-order valence-electron chi connectivity index (χ1n) is 6.84. The molecule has 1 aromatic rings. The average Bonchev–Trinajstić information content (AvgIpc) is 2.65. The number of aromatic nitrogens is 2. The van der Waals surface area contributed by atoms with Gasteiger partial charge < -0.3 is 0 Å². The van der Waals surface area contributed by atoms with E-state index in [0.717, 1.165) is 6.54 Å². The standard InChI is InChI=1S/C14H27N2/c1-4-6-7-8-9-10-11-16-13-12-15(5-2)14(16)3/h12-13H,4-11H2,1-3H3/q+1. The van der Waals surface area contributed by atoms with Gasteiger partial charge in [-0.25, -0.2) is 9.13 Å². The lowest BCUT2D eigenvalue weighted by Crippen LogP contribution is -2.35. The highest BCUT2D eigenvalue weighted by atomic mass is 15.1. The van der Waals surface area contributed by atoms with Crippen LogP contribution in [0.4, 0.5) is 0 Å². The molecule has 0 radical (unpaired) electrons. The zero-order valence-electron chi connectivity index (χ0n) is 11.2. The van der Waals surface area contributed by atoms with Crippen molar-refractivity contribution in [2.75, 3.05) is 0 Å². The van der Waals surface area contributed by atoms with Gasteiger partial charge in [-0.1, -0.05) is 32.6 Å². The Morgan fingerprint density at radius 3 is 2.38 bits per heavy atom. The molecule has 0 aliphatic heterocycles. The third-order valence-electron chi connectivity index (χ3n) is 3.35. The zero-order chi connectivity index (χ0) is 11.8. The van der Waals surface area contributed by atoms with Crippen molar-refractivity contribution in [1.29, 1.82) is 0 Å². The summed E-state index contributed by atoms with van der Waals surface area (Å²) < 4.78 is 4.68. The first-order valence-corrected chi connectivity index (χ1v) is 6.84. The molecule has 0 fully saturated rings. The van der Waals surface area contributed by atoms with Gasteiger partial charge in [0, 0.05) is 6.92 Å². The van der Waals surface area contributed by atoms with Gasteiger partial charge in [0.1, 0.15) is 12.4 Å². The fourth-order valence-electron chi connectivity index (χ4n) is 2.17. The Morgan fingerprint density at radius 1 is 1.06 bits per heavy atom. The predicted molar refractivity (Wildman–Crippen MR) is 68.4 cm³/mol. The van der Waals surface area contributed by atoms with Crippen LogP contribution in [0.25, 0.3) is 0 Å². The van der Waals surface area contributed by atoms with E-state index in [0.29, 0.717) is 0 Å². The molecule has 0 saturated carbocycles. The van der Waals surface area contributed by atoms with Crippen LogP contribution in [0.3, 0.4) is 0 Å². The van der Waals surface area contributed by atoms with E-state index < -0.39 is 0 Å². The van der Waals surface area contributed by atoms with Crippen molar-refractivity contribution in [3.63, 3.8) is 0 Å². The Bertz CT molecular complexity index is 289. The summed E-state index contributed by atoms with van der Waals surface area (Å²) in [6.07, 6.45) is 12.7. The third-order valence-corrected chi connectivity index (χ3v) is 3.35. The van der Waals surface area contributed by atoms with Crippen LogP contribution in [-0.2, 0) is 13.1 Å². The SMILES string of the molecule is CCCCCCCC[n+]1ccn(CC)c1C. The average molecular weight is 223 g/mol. The Balaban J connectivity index is 2.19. The molecular weight excluding hydrogens is 196 g/mol. The Hall–Kier alpha value is -0.790. The van der Waals surface area contributed by atoms with Crippen molar-refractivity contribution in [3.8, 4) is 0 Å². The summed E-state index contributed by atoms with van der Waals surface area (Å²) in [5.41, 5.74) is 0. The molecule has 0 bridgehead atoms. The van der Waals surface area contributed by atoms with E-state index in [9.17, 15) is 0 Å². The van der Waals surface area contributed by atoms with Crippen LogP contribution in [0.5, 0.6) is 0 Å². The lowest BCUT2D eigenvalue weighted by molar-refractivity contribution is -0.702. The van der Waals surface area contributed by atoms with Gasteiger partial charge in [0.15, 0.2) is 0 Å². The van der Waals surface area contributed by atoms with Crippen molar-refractivity contribution in [3.05, 3.63) is 18.2 Å². The highest BCUT2D eigenvalue weighted by Gasteiger charge is 2.09. The summed E-state index contributed by atoms with van der Waals surface area (Å²) in [6, 6.07) is 0. The van der Waals surface area contributed by atoms with Gasteiger partial charge in [-0.2, -0.15) is 0 Å². The molecule has 1 rings (SSSR count). The molecule has 0 aromatic carbocycles. The minimum absolute atomic E-state index is 1.08. The van der Waals surface area contributed by atoms with Crippen molar-refractivity contribution < 1.29 is 4.57 Å². The Morgan fingerprint density at radius 2 is 1.75 bits per heavy atom. The van der Waals surface area contributed by atoms with E-state index in [1.54, 1.807) is 0 Å². The molecule has 1 heterocycles. The second-order valence-corrected chi connectivity index (χ2v) is 4.59. The molecule has 0 aliphatic carbocycles. The van der Waals surface area contributed by atoms with Crippen LogP contribution in [-0.4, -0.2) is 4.57 Å². The van der Waals surface area contributed by atoms with Gasteiger partial charge in [0.25, 0.3) is 5.82 Å². The van der Waals surface area contributed by atoms with Gasteiger partial charge in [-0.15, -0.1) is 0 Å². The molecule has 0 spiro atoms. The van der Waals surface area contributed by atoms with E-state index in [1.165, 1.54) is 50.9 Å². The molecule has 0 amide bonds. The lowest BCUT2D eigenvalue weighted by Gasteiger charge is -2.01. The van der Waals surface area contributed by atoms with Crippen molar-refractivity contribution >= 4 is 0 Å². The van der Waals surface area contributed by atoms with E-state index in [2.05, 4.69) is 42.3 Å². The maximum absolute atomic E-state index is 2.38. The molecule has 0 saturated heterocycles. The molecule has 0 aliphatic rings. The minimum Gasteiger partial charge on any atom is -0.235 e. The molecule has 16 heavy (non-hydrogen) atoms. The first kappa shape index (κ1) is 13.3. The summed E-state index contributed by atoms with van der Waals surface area (Å²) in [6.45, 7) is 8.94. The van der Waals surface area contributed by atoms with E-state index in [4.69, 9.17) is 0 Å². The number of hydrogen-bond acceptors (Lipinski definition) is 0. The van der Waals surface area contributed by atoms with Gasteiger partial charge in [0.2, 0.25) is 0 Å². The van der Waals surface area contributed by atoms with Gasteiger partial charge in [-0.3, -0.25) is 0 Å². The molecule has 2 heteroatoms. The van der Waals surface area contributed by atoms with Crippen LogP contribution in [0, 0.1) is 6.92 Å². The fraction of sp³-hybridized carbons (Fsp3) is 0.786. The van der Waals surface area contributed by atoms with E-state index >= 15 is 0 Å². The van der Waals surface area contributed by atoms with Gasteiger partial charge in [0.05, 0.1) is 13.1 Å². The van der Waals surface area contributed by atoms with Crippen LogP contribution in [0.2, 0.25) is 0 Å². The maximum Gasteiger partial charge on any atom is 0.253 e. The maximum atomic E-state index is 2.38. The summed E-state index contributed by atoms with van der Waals surface area (Å²) in [5.74, 6) is 1.39. The predicted octanol–water partition coefficient (Wildman–Crippen LogP) is 3.46. The molecular formula is C14H27N2+. The number of hydrogen-bond donors (Lipinski definition) is 0. The van der Waals surface area contributed by atoms with Crippen molar-refractivity contribution in [1.82, 2.24) is 4.57 Å². The molecule has 0 N–H and O–H groups in total. The second kappa shape index (κ2) is 7.48. The van der Waals surface area contributed by atoms with Crippen LogP contribution >= 0.6 is 0 Å². The van der Waals surface area contributed by atoms with Crippen LogP contribution < -0.4 is 4.57 Å². The summed E-state index contributed by atoms with van der Waals surface area (Å²) in [5, 5.41) is 0. The number of unbranched alkanes of at least 4 members (excludes halogenated alkanes) is 5. The quantitative estimate of drug-likeness (QED) is 0.471. The smallest absolute Gasteiger partial charge is 0.235 e. The Kier molecular flexibility index (Phi) is 6.20. The highest BCUT2D eigenvalue weighted by Crippen LogP contribution is 2.05. The number of aryl methyl sites for hydroxylation is 2. The molecule has 0 unspecified atom stereocenters. The number of imidazole rings is 1. The Labute approximate surface area is 100 Å². The van der Waals surface area contributed by atoms with E-state index in [1.807, 2.05) is 0 Å². The molecule has 1 aromatic heterocycles. The monoisotopic (exact) mass is 223 g/mol. The van der Waals surface area contributed by atoms with Crippen molar-refractivity contribution in [2.45, 2.75) is 72.4 Å². The highest BCUT2D eigenvalue weighted by molar-refractivity contribution is 4.78. The molecule has 2 nitrogen and oxygen atoms in total. The number of nitrogens with zero attached hydrogens (tertiary/aromatic N) is 2. The molecule has 92 valence electrons. The largest absolute Gasteiger partial charge is 0.253 e. The summed E-state index contributed by atoms with van der Waals surface area (Å²) in [4.78, 5) is 0. The zero-order valence-corrected chi connectivity index (χ0v) is 11.2. The minimum atomic E-state index is 1.08. The topological polar surface area (TPSA) is 8.81 Å². The van der Waals surface area contributed by atoms with E-state index in [-0.39, 0.29) is 0 Å². The second-order valence-electron chi connectivity index (χ2n) is 4.59.